The summed E-state index contributed by atoms with van der Waals surface area (Å²) in [5.74, 6) is 0. The fourth-order valence-electron chi connectivity index (χ4n) is 0.808. The van der Waals surface area contributed by atoms with Gasteiger partial charge >= 0.3 is 0 Å². The van der Waals surface area contributed by atoms with Crippen molar-refractivity contribution in [2.75, 3.05) is 26.4 Å². The second-order valence-electron chi connectivity index (χ2n) is 2.49. The van der Waals surface area contributed by atoms with Crippen molar-refractivity contribution >= 4 is 0 Å². The molecule has 1 aliphatic heterocycles. The summed E-state index contributed by atoms with van der Waals surface area (Å²) >= 11 is 0. The van der Waals surface area contributed by atoms with Crippen molar-refractivity contribution < 1.29 is 15.1 Å². The summed E-state index contributed by atoms with van der Waals surface area (Å²) in [6, 6.07) is 0. The molecule has 0 aromatic heterocycles. The highest BCUT2D eigenvalue weighted by Gasteiger charge is 2.37. The number of aliphatic hydroxyl groups is 1. The van der Waals surface area contributed by atoms with Crippen LogP contribution >= 0.6 is 0 Å². The van der Waals surface area contributed by atoms with Crippen molar-refractivity contribution in [3.63, 3.8) is 0 Å². The molecule has 0 spiro atoms. The molecule has 1 fully saturated rings. The highest BCUT2D eigenvalue weighted by Crippen LogP contribution is 2.24. The third-order valence-electron chi connectivity index (χ3n) is 1.61. The Morgan fingerprint density at radius 2 is 2.22 bits per heavy atom. The van der Waals surface area contributed by atoms with E-state index in [0.717, 1.165) is 0 Å². The lowest BCUT2D eigenvalue weighted by Crippen LogP contribution is -2.51. The first-order valence-corrected chi connectivity index (χ1v) is 2.88. The normalized spacial score (nSPS) is 23.3. The lowest BCUT2D eigenvalue weighted by Gasteiger charge is -2.39. The van der Waals surface area contributed by atoms with Crippen molar-refractivity contribution in [1.29, 1.82) is 0 Å². The molecule has 0 radical (unpaired) electrons. The second-order valence-corrected chi connectivity index (χ2v) is 2.49. The Morgan fingerprint density at radius 3 is 2.33 bits per heavy atom. The van der Waals surface area contributed by atoms with E-state index < -0.39 is 0 Å². The zero-order valence-electron chi connectivity index (χ0n) is 5.13. The number of aliphatic hydroxyl groups excluding tert-OH is 1. The van der Waals surface area contributed by atoms with E-state index in [1.807, 2.05) is 5.48 Å². The minimum absolute atomic E-state index is 0.0700. The first-order valence-electron chi connectivity index (χ1n) is 2.88. The van der Waals surface area contributed by atoms with Gasteiger partial charge in [-0.05, 0) is 0 Å². The molecule has 0 aromatic rings. The van der Waals surface area contributed by atoms with Crippen molar-refractivity contribution in [2.45, 2.75) is 0 Å². The predicted octanol–water partition coefficient (Wildman–Crippen LogP) is -1.03. The van der Waals surface area contributed by atoms with E-state index in [1.165, 1.54) is 0 Å². The van der Waals surface area contributed by atoms with Crippen LogP contribution < -0.4 is 5.48 Å². The van der Waals surface area contributed by atoms with Crippen LogP contribution in [0, 0.1) is 5.41 Å². The van der Waals surface area contributed by atoms with Gasteiger partial charge in [-0.2, -0.15) is 0 Å². The van der Waals surface area contributed by atoms with Gasteiger partial charge < -0.3 is 15.1 Å². The molecule has 1 aliphatic rings. The molecule has 1 heterocycles. The minimum Gasteiger partial charge on any atom is -0.396 e. The van der Waals surface area contributed by atoms with Crippen LogP contribution in [-0.4, -0.2) is 36.7 Å². The molecular weight excluding hydrogens is 122 g/mol. The van der Waals surface area contributed by atoms with Crippen molar-refractivity contribution in [3.05, 3.63) is 0 Å². The van der Waals surface area contributed by atoms with Gasteiger partial charge in [0.15, 0.2) is 0 Å². The third kappa shape index (κ3) is 1.21. The Kier molecular flexibility index (Phi) is 2.02. The Hall–Kier alpha value is -0.160. The zero-order chi connectivity index (χ0) is 6.74. The van der Waals surface area contributed by atoms with Crippen LogP contribution in [0.1, 0.15) is 0 Å². The van der Waals surface area contributed by atoms with Crippen LogP contribution in [0.5, 0.6) is 0 Å². The second kappa shape index (κ2) is 2.62. The molecule has 0 aliphatic carbocycles. The monoisotopic (exact) mass is 133 g/mol. The van der Waals surface area contributed by atoms with E-state index in [2.05, 4.69) is 0 Å². The topological polar surface area (TPSA) is 61.7 Å². The summed E-state index contributed by atoms with van der Waals surface area (Å²) in [5, 5.41) is 17.0. The van der Waals surface area contributed by atoms with Crippen LogP contribution in [0.4, 0.5) is 0 Å². The van der Waals surface area contributed by atoms with E-state index >= 15 is 0 Å². The molecule has 0 saturated carbocycles. The molecule has 0 amide bonds. The average molecular weight is 133 g/mol. The van der Waals surface area contributed by atoms with Crippen molar-refractivity contribution in [2.24, 2.45) is 5.41 Å². The van der Waals surface area contributed by atoms with Crippen molar-refractivity contribution in [3.8, 4) is 0 Å². The molecule has 0 atom stereocenters. The quantitative estimate of drug-likeness (QED) is 0.431. The summed E-state index contributed by atoms with van der Waals surface area (Å²) in [4.78, 5) is 0. The van der Waals surface area contributed by atoms with Gasteiger partial charge in [0.05, 0.1) is 25.2 Å². The molecule has 4 heteroatoms. The number of rotatable bonds is 3. The predicted molar refractivity (Wildman–Crippen MR) is 30.1 cm³/mol. The fourth-order valence-corrected chi connectivity index (χ4v) is 0.808. The van der Waals surface area contributed by atoms with Crippen LogP contribution in [0.3, 0.4) is 0 Å². The molecule has 0 unspecified atom stereocenters. The maximum absolute atomic E-state index is 8.74. The summed E-state index contributed by atoms with van der Waals surface area (Å²) in [7, 11) is 0. The maximum atomic E-state index is 8.74. The molecular formula is C5H11NO3. The van der Waals surface area contributed by atoms with Gasteiger partial charge in [-0.25, -0.2) is 5.48 Å². The first kappa shape index (κ1) is 6.95. The van der Waals surface area contributed by atoms with Crippen LogP contribution in [0.25, 0.3) is 0 Å². The smallest absolute Gasteiger partial charge is 0.0580 e. The van der Waals surface area contributed by atoms with Crippen LogP contribution in [-0.2, 0) is 4.74 Å². The molecule has 1 saturated heterocycles. The molecule has 4 nitrogen and oxygen atoms in total. The summed E-state index contributed by atoms with van der Waals surface area (Å²) in [6.07, 6.45) is 0. The Balaban J connectivity index is 2.28. The Morgan fingerprint density at radius 1 is 1.56 bits per heavy atom. The highest BCUT2D eigenvalue weighted by molar-refractivity contribution is 4.85. The molecule has 0 aromatic carbocycles. The molecule has 54 valence electrons. The standard InChI is InChI=1S/C5H11NO3/c7-2-5(1-6-8)3-9-4-5/h6-8H,1-4H2. The lowest BCUT2D eigenvalue weighted by molar-refractivity contribution is -0.144. The highest BCUT2D eigenvalue weighted by atomic mass is 16.5. The molecule has 1 rings (SSSR count). The maximum Gasteiger partial charge on any atom is 0.0580 e. The third-order valence-corrected chi connectivity index (χ3v) is 1.61. The van der Waals surface area contributed by atoms with Gasteiger partial charge in [-0.3, -0.25) is 0 Å². The van der Waals surface area contributed by atoms with E-state index in [4.69, 9.17) is 15.1 Å². The number of hydroxylamine groups is 1. The Labute approximate surface area is 53.4 Å². The lowest BCUT2D eigenvalue weighted by atomic mass is 9.87. The van der Waals surface area contributed by atoms with E-state index in [0.29, 0.717) is 19.8 Å². The molecule has 9 heavy (non-hydrogen) atoms. The molecule has 3 N–H and O–H groups in total. The minimum atomic E-state index is -0.214. The molecule has 0 bridgehead atoms. The largest absolute Gasteiger partial charge is 0.396 e. The first-order chi connectivity index (χ1) is 4.33. The number of hydrogen-bond acceptors (Lipinski definition) is 4. The van der Waals surface area contributed by atoms with Gasteiger partial charge in [-0.1, -0.05) is 0 Å². The number of ether oxygens (including phenoxy) is 1. The number of hydrogen-bond donors (Lipinski definition) is 3. The zero-order valence-corrected chi connectivity index (χ0v) is 5.13. The van der Waals surface area contributed by atoms with Gasteiger partial charge in [-0.15, -0.1) is 0 Å². The SMILES string of the molecule is OCC1(CNO)COC1. The number of nitrogens with one attached hydrogen (secondary N) is 1. The van der Waals surface area contributed by atoms with E-state index in [-0.39, 0.29) is 12.0 Å². The van der Waals surface area contributed by atoms with Gasteiger partial charge in [0.25, 0.3) is 0 Å². The van der Waals surface area contributed by atoms with Crippen LogP contribution in [0.15, 0.2) is 0 Å². The van der Waals surface area contributed by atoms with Gasteiger partial charge in [0.2, 0.25) is 0 Å². The van der Waals surface area contributed by atoms with E-state index in [9.17, 15) is 0 Å². The summed E-state index contributed by atoms with van der Waals surface area (Å²) in [5.41, 5.74) is 1.81. The Bertz CT molecular complexity index is 86.7. The van der Waals surface area contributed by atoms with Crippen molar-refractivity contribution in [1.82, 2.24) is 5.48 Å². The van der Waals surface area contributed by atoms with E-state index in [1.54, 1.807) is 0 Å². The van der Waals surface area contributed by atoms with Gasteiger partial charge in [0.1, 0.15) is 0 Å². The summed E-state index contributed by atoms with van der Waals surface area (Å²) in [6.45, 7) is 1.55. The van der Waals surface area contributed by atoms with Gasteiger partial charge in [0, 0.05) is 6.54 Å². The summed E-state index contributed by atoms with van der Waals surface area (Å²) < 4.78 is 4.87. The van der Waals surface area contributed by atoms with Crippen LogP contribution in [0.2, 0.25) is 0 Å². The average Bonchev–Trinajstić information content (AvgIpc) is 1.79. The fraction of sp³-hybridized carbons (Fsp3) is 1.00.